The van der Waals surface area contributed by atoms with Crippen LogP contribution in [0.4, 0.5) is 5.69 Å². The standard InChI is InChI=1S/C27H32ClN9O4/c1-27(2)15-36(13-23(38)35-8-5-17(6-9-35)37-26(40)34(3)32-33-37)22(14-41-27)25(39)31-20-11-16(28)10-19-18-4-7-29-12-21(18)30-24(19)20/h4,7,10-12,17,22,30H,5-6,8-9,13-15H2,1-3H3,(H,31,39)/t22-/m0/s1. The van der Waals surface area contributed by atoms with E-state index in [1.54, 1.807) is 30.4 Å². The summed E-state index contributed by atoms with van der Waals surface area (Å²) in [6.07, 6.45) is 4.65. The van der Waals surface area contributed by atoms with Crippen LogP contribution in [0.25, 0.3) is 21.8 Å². The van der Waals surface area contributed by atoms with Crippen LogP contribution in [0.2, 0.25) is 5.02 Å². The molecule has 0 spiro atoms. The number of hydrogen-bond donors (Lipinski definition) is 2. The van der Waals surface area contributed by atoms with Crippen LogP contribution >= 0.6 is 11.6 Å². The Morgan fingerprint density at radius 2 is 1.98 bits per heavy atom. The molecule has 0 bridgehead atoms. The number of aryl methyl sites for hydroxylation is 1. The van der Waals surface area contributed by atoms with Crippen LogP contribution in [0, 0.1) is 0 Å². The number of nitrogens with one attached hydrogen (secondary N) is 2. The van der Waals surface area contributed by atoms with E-state index in [-0.39, 0.29) is 36.7 Å². The Bertz CT molecular complexity index is 1690. The number of nitrogens with zero attached hydrogens (tertiary/aromatic N) is 7. The number of fused-ring (bicyclic) bond motifs is 3. The van der Waals surface area contributed by atoms with E-state index in [0.29, 0.717) is 43.2 Å². The molecule has 0 unspecified atom stereocenters. The lowest BCUT2D eigenvalue weighted by atomic mass is 10.0. The van der Waals surface area contributed by atoms with E-state index < -0.39 is 11.6 Å². The number of aromatic amines is 1. The van der Waals surface area contributed by atoms with Crippen molar-refractivity contribution in [3.05, 3.63) is 46.1 Å². The second kappa shape index (κ2) is 10.5. The maximum absolute atomic E-state index is 13.7. The number of benzene rings is 1. The Hall–Kier alpha value is -3.81. The number of morpholine rings is 1. The highest BCUT2D eigenvalue weighted by molar-refractivity contribution is 6.33. The van der Waals surface area contributed by atoms with Crippen LogP contribution < -0.4 is 11.0 Å². The Morgan fingerprint density at radius 1 is 1.20 bits per heavy atom. The molecule has 13 nitrogen and oxygen atoms in total. The maximum atomic E-state index is 13.7. The first kappa shape index (κ1) is 27.4. The van der Waals surface area contributed by atoms with Crippen LogP contribution in [0.5, 0.6) is 0 Å². The minimum Gasteiger partial charge on any atom is -0.372 e. The second-order valence-corrected chi connectivity index (χ2v) is 11.8. The van der Waals surface area contributed by atoms with Crippen LogP contribution in [-0.4, -0.2) is 95.8 Å². The fraction of sp³-hybridized carbons (Fsp3) is 0.481. The topological polar surface area (TPSA) is 143 Å². The molecule has 5 heterocycles. The summed E-state index contributed by atoms with van der Waals surface area (Å²) >= 11 is 6.44. The molecule has 1 atom stereocenters. The number of aromatic nitrogens is 6. The molecule has 14 heteroatoms. The van der Waals surface area contributed by atoms with Gasteiger partial charge in [0.1, 0.15) is 6.04 Å². The molecule has 2 aliphatic heterocycles. The van der Waals surface area contributed by atoms with E-state index in [2.05, 4.69) is 25.7 Å². The summed E-state index contributed by atoms with van der Waals surface area (Å²) < 4.78 is 8.61. The van der Waals surface area contributed by atoms with Gasteiger partial charge in [-0.15, -0.1) is 0 Å². The largest absolute Gasteiger partial charge is 0.372 e. The highest BCUT2D eigenvalue weighted by atomic mass is 35.5. The predicted octanol–water partition coefficient (Wildman–Crippen LogP) is 1.94. The van der Waals surface area contributed by atoms with Crippen molar-refractivity contribution in [3.8, 4) is 0 Å². The molecule has 216 valence electrons. The number of piperidine rings is 1. The number of ether oxygens (including phenoxy) is 1. The van der Waals surface area contributed by atoms with E-state index in [1.165, 1.54) is 9.36 Å². The number of tetrazole rings is 1. The molecule has 41 heavy (non-hydrogen) atoms. The van der Waals surface area contributed by atoms with Gasteiger partial charge in [0.25, 0.3) is 0 Å². The monoisotopic (exact) mass is 581 g/mol. The number of likely N-dealkylation sites (tertiary alicyclic amines) is 1. The third-order valence-corrected chi connectivity index (χ3v) is 8.15. The summed E-state index contributed by atoms with van der Waals surface area (Å²) in [5, 5.41) is 13.1. The molecule has 1 aromatic carbocycles. The van der Waals surface area contributed by atoms with E-state index in [1.807, 2.05) is 30.9 Å². The molecular weight excluding hydrogens is 550 g/mol. The molecule has 3 aromatic heterocycles. The van der Waals surface area contributed by atoms with Crippen LogP contribution in [0.15, 0.2) is 35.4 Å². The number of rotatable bonds is 5. The first-order chi connectivity index (χ1) is 19.6. The van der Waals surface area contributed by atoms with Crippen molar-refractivity contribution in [1.82, 2.24) is 39.6 Å². The highest BCUT2D eigenvalue weighted by Gasteiger charge is 2.39. The minimum atomic E-state index is -0.678. The SMILES string of the molecule is Cn1nnn(C2CCN(C(=O)CN3CC(C)(C)OC[C@H]3C(=O)Nc3cc(Cl)cc4c3[nH]c3cnccc34)CC2)c1=O. The lowest BCUT2D eigenvalue weighted by Gasteiger charge is -2.43. The first-order valence-corrected chi connectivity index (χ1v) is 14.0. The fourth-order valence-electron chi connectivity index (χ4n) is 5.79. The van der Waals surface area contributed by atoms with Crippen molar-refractivity contribution >= 4 is 50.9 Å². The predicted molar refractivity (Wildman–Crippen MR) is 153 cm³/mol. The highest BCUT2D eigenvalue weighted by Crippen LogP contribution is 2.33. The van der Waals surface area contributed by atoms with Crippen molar-refractivity contribution in [1.29, 1.82) is 0 Å². The van der Waals surface area contributed by atoms with E-state index in [9.17, 15) is 14.4 Å². The molecule has 4 aromatic rings. The van der Waals surface area contributed by atoms with Gasteiger partial charge in [0, 0.05) is 48.7 Å². The number of H-pyrrole nitrogens is 1. The number of halogens is 1. The Kier molecular flexibility index (Phi) is 7.04. The van der Waals surface area contributed by atoms with E-state index >= 15 is 0 Å². The van der Waals surface area contributed by atoms with Crippen molar-refractivity contribution in [3.63, 3.8) is 0 Å². The molecule has 2 aliphatic rings. The Labute approximate surface area is 240 Å². The smallest absolute Gasteiger partial charge is 0.363 e. The van der Waals surface area contributed by atoms with Crippen LogP contribution in [0.1, 0.15) is 32.7 Å². The van der Waals surface area contributed by atoms with Crippen molar-refractivity contribution in [2.75, 3.05) is 38.1 Å². The summed E-state index contributed by atoms with van der Waals surface area (Å²) in [6, 6.07) is 4.68. The maximum Gasteiger partial charge on any atom is 0.363 e. The van der Waals surface area contributed by atoms with Crippen LogP contribution in [-0.2, 0) is 21.4 Å². The van der Waals surface area contributed by atoms with Gasteiger partial charge in [0.15, 0.2) is 0 Å². The minimum absolute atomic E-state index is 0.0706. The molecule has 2 N–H and O–H groups in total. The van der Waals surface area contributed by atoms with Gasteiger partial charge in [0.2, 0.25) is 11.8 Å². The molecule has 2 saturated heterocycles. The number of pyridine rings is 1. The van der Waals surface area contributed by atoms with Gasteiger partial charge in [-0.2, -0.15) is 9.36 Å². The summed E-state index contributed by atoms with van der Waals surface area (Å²) in [6.45, 7) is 5.50. The van der Waals surface area contributed by atoms with Gasteiger partial charge in [0.05, 0.1) is 47.7 Å². The average molecular weight is 582 g/mol. The quantitative estimate of drug-likeness (QED) is 0.364. The summed E-state index contributed by atoms with van der Waals surface area (Å²) in [5.41, 5.74) is 1.34. The molecule has 2 fully saturated rings. The van der Waals surface area contributed by atoms with Crippen molar-refractivity contribution in [2.45, 2.75) is 44.4 Å². The lowest BCUT2D eigenvalue weighted by molar-refractivity contribution is -0.150. The van der Waals surface area contributed by atoms with E-state index in [0.717, 1.165) is 21.8 Å². The number of hydrogen-bond acceptors (Lipinski definition) is 8. The Morgan fingerprint density at radius 3 is 2.71 bits per heavy atom. The Balaban J connectivity index is 1.17. The fourth-order valence-corrected chi connectivity index (χ4v) is 6.00. The molecule has 2 amide bonds. The number of carbonyl (C=O) groups excluding carboxylic acids is 2. The lowest BCUT2D eigenvalue weighted by Crippen LogP contribution is -2.60. The number of carbonyl (C=O) groups is 2. The van der Waals surface area contributed by atoms with Gasteiger partial charge in [-0.25, -0.2) is 4.79 Å². The summed E-state index contributed by atoms with van der Waals surface area (Å²) in [5.74, 6) is -0.354. The molecule has 6 rings (SSSR count). The third-order valence-electron chi connectivity index (χ3n) is 7.94. The average Bonchev–Trinajstić information content (AvgIpc) is 3.48. The van der Waals surface area contributed by atoms with Crippen LogP contribution in [0.3, 0.4) is 0 Å². The van der Waals surface area contributed by atoms with Gasteiger partial charge in [-0.1, -0.05) is 11.6 Å². The number of amides is 2. The molecule has 0 saturated carbocycles. The van der Waals surface area contributed by atoms with Gasteiger partial charge in [-0.05, 0) is 55.3 Å². The first-order valence-electron chi connectivity index (χ1n) is 13.6. The molecule has 0 radical (unpaired) electrons. The summed E-state index contributed by atoms with van der Waals surface area (Å²) in [4.78, 5) is 50.5. The van der Waals surface area contributed by atoms with Crippen molar-refractivity contribution in [2.24, 2.45) is 7.05 Å². The zero-order valence-corrected chi connectivity index (χ0v) is 23.9. The normalized spacial score (nSPS) is 20.1. The third kappa shape index (κ3) is 5.32. The second-order valence-electron chi connectivity index (χ2n) is 11.3. The zero-order chi connectivity index (χ0) is 28.9. The summed E-state index contributed by atoms with van der Waals surface area (Å²) in [7, 11) is 1.56. The molecule has 0 aliphatic carbocycles. The van der Waals surface area contributed by atoms with E-state index in [4.69, 9.17) is 16.3 Å². The molecular formula is C27H32ClN9O4. The van der Waals surface area contributed by atoms with Gasteiger partial charge >= 0.3 is 5.69 Å². The van der Waals surface area contributed by atoms with Crippen molar-refractivity contribution < 1.29 is 14.3 Å². The van der Waals surface area contributed by atoms with Gasteiger partial charge < -0.3 is 19.9 Å². The number of anilines is 1. The van der Waals surface area contributed by atoms with Gasteiger partial charge in [-0.3, -0.25) is 19.5 Å². The zero-order valence-electron chi connectivity index (χ0n) is 23.1.